The molecule has 0 aromatic heterocycles. The molecule has 0 spiro atoms. The molecule has 0 bridgehead atoms. The fraction of sp³-hybridized carbons (Fsp3) is 0.855. The molecule has 0 saturated carbocycles. The summed E-state index contributed by atoms with van der Waals surface area (Å²) in [5.74, 6) is -0.175. The van der Waals surface area contributed by atoms with Gasteiger partial charge < -0.3 is 40.3 Å². The first-order valence-corrected chi connectivity index (χ1v) is 30.4. The van der Waals surface area contributed by atoms with Crippen LogP contribution in [0.2, 0.25) is 0 Å². The highest BCUT2D eigenvalue weighted by molar-refractivity contribution is 5.76. The van der Waals surface area contributed by atoms with E-state index in [1.807, 2.05) is 6.08 Å². The van der Waals surface area contributed by atoms with Crippen molar-refractivity contribution in [3.05, 3.63) is 48.6 Å². The van der Waals surface area contributed by atoms with Crippen molar-refractivity contribution in [2.24, 2.45) is 0 Å². The molecule has 0 aromatic carbocycles. The standard InChI is InChI=1S/C62H115NO8/c1-3-5-7-9-11-13-15-16-17-18-19-20-21-22-23-24-25-26-27-28-29-30-31-32-33-34-35-36-37-38-39-40-42-44-46-48-50-52-58(66)63-55(54-70-62-61(69)60(68)59(67)57(53-64)71-62)56(65)51-49-47-45-43-41-14-12-10-8-6-4-2/h15-16,18-19,21-22,49,51,55-57,59-62,64-65,67-69H,3-14,17,20,23-48,50,52-54H2,1-2H3,(H,63,66)/b16-15-,19-18-,22-21-,51-49+. The van der Waals surface area contributed by atoms with Crippen molar-refractivity contribution in [3.63, 3.8) is 0 Å². The molecule has 0 radical (unpaired) electrons. The van der Waals surface area contributed by atoms with Crippen molar-refractivity contribution < 1.29 is 39.8 Å². The third-order valence-electron chi connectivity index (χ3n) is 14.4. The Morgan fingerprint density at radius 2 is 0.831 bits per heavy atom. The Bertz CT molecular complexity index is 1250. The summed E-state index contributed by atoms with van der Waals surface area (Å²) in [5.41, 5.74) is 0. The average Bonchev–Trinajstić information content (AvgIpc) is 3.37. The van der Waals surface area contributed by atoms with Gasteiger partial charge >= 0.3 is 0 Å². The van der Waals surface area contributed by atoms with Gasteiger partial charge in [0.15, 0.2) is 6.29 Å². The molecule has 6 N–H and O–H groups in total. The van der Waals surface area contributed by atoms with Gasteiger partial charge in [-0.2, -0.15) is 0 Å². The lowest BCUT2D eigenvalue weighted by Crippen LogP contribution is -2.60. The summed E-state index contributed by atoms with van der Waals surface area (Å²) < 4.78 is 11.2. The zero-order valence-electron chi connectivity index (χ0n) is 46.2. The zero-order chi connectivity index (χ0) is 51.5. The Morgan fingerprint density at radius 3 is 1.23 bits per heavy atom. The lowest BCUT2D eigenvalue weighted by Gasteiger charge is -2.40. The van der Waals surface area contributed by atoms with E-state index in [2.05, 4.69) is 55.6 Å². The van der Waals surface area contributed by atoms with Crippen LogP contribution in [0.3, 0.4) is 0 Å². The number of aliphatic hydroxyl groups excluding tert-OH is 5. The number of rotatable bonds is 52. The third-order valence-corrected chi connectivity index (χ3v) is 14.4. The van der Waals surface area contributed by atoms with Gasteiger partial charge in [0.05, 0.1) is 25.4 Å². The van der Waals surface area contributed by atoms with Crippen LogP contribution >= 0.6 is 0 Å². The third kappa shape index (κ3) is 41.1. The van der Waals surface area contributed by atoms with Crippen LogP contribution in [0.15, 0.2) is 48.6 Å². The maximum absolute atomic E-state index is 13.0. The van der Waals surface area contributed by atoms with E-state index in [9.17, 15) is 30.3 Å². The summed E-state index contributed by atoms with van der Waals surface area (Å²) in [7, 11) is 0. The molecule has 0 aromatic rings. The highest BCUT2D eigenvalue weighted by Crippen LogP contribution is 2.23. The van der Waals surface area contributed by atoms with Gasteiger partial charge in [-0.15, -0.1) is 0 Å². The number of hydrogen-bond acceptors (Lipinski definition) is 8. The smallest absolute Gasteiger partial charge is 0.220 e. The largest absolute Gasteiger partial charge is 0.394 e. The van der Waals surface area contributed by atoms with Crippen molar-refractivity contribution in [1.82, 2.24) is 5.32 Å². The van der Waals surface area contributed by atoms with Gasteiger partial charge in [0, 0.05) is 6.42 Å². The SMILES string of the molecule is CCCCCCC/C=C\C/C=C\C/C=C\CCCCCCCCCCCCCCCCCCCCCCCCC(=O)NC(COC1OC(CO)C(O)C(O)C1O)C(O)/C=C/CCCCCCCCCCC. The molecular formula is C62H115NO8. The monoisotopic (exact) mass is 1000 g/mol. The molecule has 1 amide bonds. The number of hydrogen-bond donors (Lipinski definition) is 6. The highest BCUT2D eigenvalue weighted by atomic mass is 16.7. The van der Waals surface area contributed by atoms with E-state index in [1.54, 1.807) is 6.08 Å². The van der Waals surface area contributed by atoms with Gasteiger partial charge in [0.1, 0.15) is 24.4 Å². The molecular weight excluding hydrogens is 887 g/mol. The number of amides is 1. The fourth-order valence-corrected chi connectivity index (χ4v) is 9.58. The molecule has 416 valence electrons. The molecule has 1 heterocycles. The molecule has 9 nitrogen and oxygen atoms in total. The van der Waals surface area contributed by atoms with Crippen LogP contribution in [0.4, 0.5) is 0 Å². The van der Waals surface area contributed by atoms with E-state index in [1.165, 1.54) is 212 Å². The number of unbranched alkanes of at least 4 members (excludes halogenated alkanes) is 36. The van der Waals surface area contributed by atoms with Crippen molar-refractivity contribution in [1.29, 1.82) is 0 Å². The van der Waals surface area contributed by atoms with E-state index in [0.29, 0.717) is 6.42 Å². The number of allylic oxidation sites excluding steroid dienone is 7. The second-order valence-corrected chi connectivity index (χ2v) is 21.1. The van der Waals surface area contributed by atoms with Gasteiger partial charge in [0.25, 0.3) is 0 Å². The lowest BCUT2D eigenvalue weighted by molar-refractivity contribution is -0.302. The van der Waals surface area contributed by atoms with Crippen molar-refractivity contribution in [3.8, 4) is 0 Å². The number of aliphatic hydroxyl groups is 5. The summed E-state index contributed by atoms with van der Waals surface area (Å²) in [6, 6.07) is -0.802. The fourth-order valence-electron chi connectivity index (χ4n) is 9.58. The highest BCUT2D eigenvalue weighted by Gasteiger charge is 2.44. The Morgan fingerprint density at radius 1 is 0.479 bits per heavy atom. The minimum Gasteiger partial charge on any atom is -0.394 e. The predicted molar refractivity (Wildman–Crippen MR) is 299 cm³/mol. The summed E-state index contributed by atoms with van der Waals surface area (Å²) in [4.78, 5) is 13.0. The first-order chi connectivity index (χ1) is 34.8. The maximum atomic E-state index is 13.0. The molecule has 71 heavy (non-hydrogen) atoms. The second kappa shape index (κ2) is 51.6. The Hall–Kier alpha value is -1.85. The Labute approximate surface area is 437 Å². The number of ether oxygens (including phenoxy) is 2. The molecule has 9 heteroatoms. The first kappa shape index (κ1) is 67.2. The maximum Gasteiger partial charge on any atom is 0.220 e. The van der Waals surface area contributed by atoms with Gasteiger partial charge in [-0.25, -0.2) is 0 Å². The summed E-state index contributed by atoms with van der Waals surface area (Å²) in [5, 5.41) is 54.3. The zero-order valence-corrected chi connectivity index (χ0v) is 46.2. The van der Waals surface area contributed by atoms with E-state index in [-0.39, 0.29) is 12.5 Å². The van der Waals surface area contributed by atoms with Gasteiger partial charge in [-0.05, 0) is 57.8 Å². The molecule has 7 unspecified atom stereocenters. The molecule has 1 saturated heterocycles. The van der Waals surface area contributed by atoms with Crippen LogP contribution in [0.5, 0.6) is 0 Å². The second-order valence-electron chi connectivity index (χ2n) is 21.1. The minimum atomic E-state index is -1.56. The van der Waals surface area contributed by atoms with Gasteiger partial charge in [0.2, 0.25) is 5.91 Å². The van der Waals surface area contributed by atoms with Crippen molar-refractivity contribution >= 4 is 5.91 Å². The molecule has 1 aliphatic rings. The minimum absolute atomic E-state index is 0.175. The van der Waals surface area contributed by atoms with Crippen LogP contribution < -0.4 is 5.32 Å². The Kier molecular flexibility index (Phi) is 48.8. The van der Waals surface area contributed by atoms with E-state index >= 15 is 0 Å². The van der Waals surface area contributed by atoms with Gasteiger partial charge in [-0.1, -0.05) is 268 Å². The summed E-state index contributed by atoms with van der Waals surface area (Å²) >= 11 is 0. The topological polar surface area (TPSA) is 149 Å². The summed E-state index contributed by atoms with van der Waals surface area (Å²) in [6.07, 6.45) is 62.1. The van der Waals surface area contributed by atoms with Crippen LogP contribution in [0.25, 0.3) is 0 Å². The number of nitrogens with one attached hydrogen (secondary N) is 1. The van der Waals surface area contributed by atoms with Crippen LogP contribution in [-0.2, 0) is 14.3 Å². The van der Waals surface area contributed by atoms with Crippen LogP contribution in [0.1, 0.15) is 284 Å². The summed E-state index contributed by atoms with van der Waals surface area (Å²) in [6.45, 7) is 3.76. The number of carbonyl (C=O) groups is 1. The predicted octanol–water partition coefficient (Wildman–Crippen LogP) is 15.3. The van der Waals surface area contributed by atoms with E-state index < -0.39 is 49.5 Å². The van der Waals surface area contributed by atoms with Crippen LogP contribution in [-0.4, -0.2) is 87.5 Å². The number of carbonyl (C=O) groups excluding carboxylic acids is 1. The lowest BCUT2D eigenvalue weighted by atomic mass is 9.99. The molecule has 0 aliphatic carbocycles. The molecule has 1 rings (SSSR count). The molecule has 1 aliphatic heterocycles. The van der Waals surface area contributed by atoms with E-state index in [0.717, 1.165) is 51.4 Å². The van der Waals surface area contributed by atoms with Crippen LogP contribution in [0, 0.1) is 0 Å². The van der Waals surface area contributed by atoms with Crippen molar-refractivity contribution in [2.45, 2.75) is 326 Å². The quantitative estimate of drug-likeness (QED) is 0.0261. The molecule has 7 atom stereocenters. The van der Waals surface area contributed by atoms with E-state index in [4.69, 9.17) is 9.47 Å². The molecule has 1 fully saturated rings. The average molecular weight is 1000 g/mol. The normalized spacial score (nSPS) is 19.6. The van der Waals surface area contributed by atoms with Crippen molar-refractivity contribution in [2.75, 3.05) is 13.2 Å². The first-order valence-electron chi connectivity index (χ1n) is 30.4. The van der Waals surface area contributed by atoms with Gasteiger partial charge in [-0.3, -0.25) is 4.79 Å². The Balaban J connectivity index is 2.04.